The molecule has 2 saturated carbocycles. The van der Waals surface area contributed by atoms with E-state index < -0.39 is 0 Å². The Labute approximate surface area is 138 Å². The van der Waals surface area contributed by atoms with Crippen molar-refractivity contribution in [1.82, 2.24) is 14.8 Å². The molecule has 4 rings (SSSR count). The van der Waals surface area contributed by atoms with E-state index in [4.69, 9.17) is 23.2 Å². The fraction of sp³-hybridized carbons (Fsp3) is 0.467. The van der Waals surface area contributed by atoms with E-state index in [1.165, 1.54) is 31.5 Å². The van der Waals surface area contributed by atoms with E-state index in [0.29, 0.717) is 12.0 Å². The second-order valence-electron chi connectivity index (χ2n) is 5.71. The van der Waals surface area contributed by atoms with Gasteiger partial charge in [-0.25, -0.2) is 0 Å². The molecule has 110 valence electrons. The molecule has 2 aliphatic carbocycles. The number of rotatable bonds is 5. The lowest BCUT2D eigenvalue weighted by Gasteiger charge is -2.09. The fourth-order valence-electron chi connectivity index (χ4n) is 2.49. The second kappa shape index (κ2) is 5.49. The van der Waals surface area contributed by atoms with E-state index >= 15 is 0 Å². The van der Waals surface area contributed by atoms with Crippen LogP contribution in [0.1, 0.15) is 49.0 Å². The van der Waals surface area contributed by atoms with Gasteiger partial charge in [-0.1, -0.05) is 41.0 Å². The van der Waals surface area contributed by atoms with Crippen LogP contribution in [0.25, 0.3) is 0 Å². The highest BCUT2D eigenvalue weighted by molar-refractivity contribution is 7.98. The van der Waals surface area contributed by atoms with Crippen molar-refractivity contribution in [3.8, 4) is 0 Å². The number of aromatic nitrogens is 3. The van der Waals surface area contributed by atoms with Crippen molar-refractivity contribution >= 4 is 35.0 Å². The number of halogens is 2. The van der Waals surface area contributed by atoms with Gasteiger partial charge in [0.05, 0.1) is 0 Å². The highest BCUT2D eigenvalue weighted by Crippen LogP contribution is 2.46. The summed E-state index contributed by atoms with van der Waals surface area (Å²) in [6.45, 7) is 0. The molecule has 2 fully saturated rings. The van der Waals surface area contributed by atoms with Gasteiger partial charge in [0, 0.05) is 27.8 Å². The summed E-state index contributed by atoms with van der Waals surface area (Å²) in [5.41, 5.74) is 0.976. The summed E-state index contributed by atoms with van der Waals surface area (Å²) in [4.78, 5) is 0. The minimum Gasteiger partial charge on any atom is -0.303 e. The third-order valence-corrected chi connectivity index (χ3v) is 5.63. The van der Waals surface area contributed by atoms with Crippen LogP contribution in [0.3, 0.4) is 0 Å². The standard InChI is InChI=1S/C15H15Cl2N3S/c16-12-2-1-3-13(17)11(12)8-21-15-19-18-14(9-4-5-9)20(15)10-6-7-10/h1-3,9-10H,4-8H2. The molecule has 0 spiro atoms. The topological polar surface area (TPSA) is 30.7 Å². The number of nitrogens with zero attached hydrogens (tertiary/aromatic N) is 3. The van der Waals surface area contributed by atoms with Gasteiger partial charge in [0.15, 0.2) is 5.16 Å². The Hall–Kier alpha value is -0.710. The summed E-state index contributed by atoms with van der Waals surface area (Å²) >= 11 is 14.2. The maximum atomic E-state index is 6.24. The molecule has 0 bridgehead atoms. The van der Waals surface area contributed by atoms with Crippen LogP contribution in [0.4, 0.5) is 0 Å². The largest absolute Gasteiger partial charge is 0.303 e. The van der Waals surface area contributed by atoms with E-state index in [0.717, 1.165) is 26.5 Å². The molecule has 0 atom stereocenters. The molecule has 0 amide bonds. The predicted octanol–water partition coefficient (Wildman–Crippen LogP) is 5.09. The van der Waals surface area contributed by atoms with Crippen molar-refractivity contribution < 1.29 is 0 Å². The molecule has 0 unspecified atom stereocenters. The molecule has 0 N–H and O–H groups in total. The predicted molar refractivity (Wildman–Crippen MR) is 86.3 cm³/mol. The Kier molecular flexibility index (Phi) is 3.64. The molecule has 1 aromatic heterocycles. The highest BCUT2D eigenvalue weighted by Gasteiger charge is 2.36. The minimum atomic E-state index is 0.611. The summed E-state index contributed by atoms with van der Waals surface area (Å²) in [7, 11) is 0. The first kappa shape index (κ1) is 13.9. The molecular formula is C15H15Cl2N3S. The molecule has 6 heteroatoms. The van der Waals surface area contributed by atoms with Crippen LogP contribution in [-0.2, 0) is 5.75 Å². The normalized spacial score (nSPS) is 18.2. The van der Waals surface area contributed by atoms with Gasteiger partial charge < -0.3 is 4.57 Å². The van der Waals surface area contributed by atoms with Gasteiger partial charge in [0.2, 0.25) is 0 Å². The SMILES string of the molecule is Clc1cccc(Cl)c1CSc1nnc(C2CC2)n1C1CC1. The zero-order valence-corrected chi connectivity index (χ0v) is 13.8. The first-order valence-corrected chi connectivity index (χ1v) is 8.98. The Morgan fingerprint density at radius 1 is 1.10 bits per heavy atom. The second-order valence-corrected chi connectivity index (χ2v) is 7.46. The van der Waals surface area contributed by atoms with E-state index in [1.807, 2.05) is 18.2 Å². The molecule has 21 heavy (non-hydrogen) atoms. The maximum Gasteiger partial charge on any atom is 0.191 e. The van der Waals surface area contributed by atoms with Gasteiger partial charge in [-0.2, -0.15) is 0 Å². The lowest BCUT2D eigenvalue weighted by Crippen LogP contribution is -2.02. The quantitative estimate of drug-likeness (QED) is 0.711. The van der Waals surface area contributed by atoms with Gasteiger partial charge in [-0.15, -0.1) is 10.2 Å². The van der Waals surface area contributed by atoms with Gasteiger partial charge in [0.25, 0.3) is 0 Å². The zero-order chi connectivity index (χ0) is 14.4. The molecule has 0 radical (unpaired) electrons. The first-order valence-electron chi connectivity index (χ1n) is 7.24. The third-order valence-electron chi connectivity index (χ3n) is 3.95. The van der Waals surface area contributed by atoms with Crippen molar-refractivity contribution in [2.24, 2.45) is 0 Å². The molecule has 3 nitrogen and oxygen atoms in total. The molecule has 1 heterocycles. The highest BCUT2D eigenvalue weighted by atomic mass is 35.5. The number of hydrogen-bond acceptors (Lipinski definition) is 3. The molecular weight excluding hydrogens is 325 g/mol. The van der Waals surface area contributed by atoms with Gasteiger partial charge in [-0.3, -0.25) is 0 Å². The Bertz CT molecular complexity index is 657. The zero-order valence-electron chi connectivity index (χ0n) is 11.4. The molecule has 0 aliphatic heterocycles. The van der Waals surface area contributed by atoms with Crippen molar-refractivity contribution in [1.29, 1.82) is 0 Å². The summed E-state index contributed by atoms with van der Waals surface area (Å²) in [5, 5.41) is 11.3. The summed E-state index contributed by atoms with van der Waals surface area (Å²) < 4.78 is 2.35. The van der Waals surface area contributed by atoms with E-state index in [1.54, 1.807) is 11.8 Å². The number of thioether (sulfide) groups is 1. The first-order chi connectivity index (χ1) is 10.2. The summed E-state index contributed by atoms with van der Waals surface area (Å²) in [6.07, 6.45) is 5.01. The van der Waals surface area contributed by atoms with Crippen LogP contribution >= 0.6 is 35.0 Å². The molecule has 2 aromatic rings. The average Bonchev–Trinajstić information content (AvgIpc) is 3.37. The maximum absolute atomic E-state index is 6.24. The Balaban J connectivity index is 1.57. The fourth-order valence-corrected chi connectivity index (χ4v) is 4.24. The van der Waals surface area contributed by atoms with Crippen molar-refractivity contribution in [2.45, 2.75) is 48.6 Å². The van der Waals surface area contributed by atoms with Crippen molar-refractivity contribution in [2.75, 3.05) is 0 Å². The minimum absolute atomic E-state index is 0.611. The van der Waals surface area contributed by atoms with Crippen LogP contribution < -0.4 is 0 Å². The molecule has 2 aliphatic rings. The Morgan fingerprint density at radius 3 is 2.43 bits per heavy atom. The number of hydrogen-bond donors (Lipinski definition) is 0. The lowest BCUT2D eigenvalue weighted by atomic mass is 10.2. The van der Waals surface area contributed by atoms with Crippen molar-refractivity contribution in [3.63, 3.8) is 0 Å². The van der Waals surface area contributed by atoms with Crippen LogP contribution in [0.15, 0.2) is 23.4 Å². The summed E-state index contributed by atoms with van der Waals surface area (Å²) in [5.74, 6) is 2.55. The molecule has 1 aromatic carbocycles. The van der Waals surface area contributed by atoms with Crippen molar-refractivity contribution in [3.05, 3.63) is 39.6 Å². The van der Waals surface area contributed by atoms with E-state index in [-0.39, 0.29) is 0 Å². The van der Waals surface area contributed by atoms with Gasteiger partial charge in [0.1, 0.15) is 5.82 Å². The number of benzene rings is 1. The Morgan fingerprint density at radius 2 is 1.81 bits per heavy atom. The van der Waals surface area contributed by atoms with Crippen LogP contribution in [-0.4, -0.2) is 14.8 Å². The van der Waals surface area contributed by atoms with Crippen LogP contribution in [0.2, 0.25) is 10.0 Å². The van der Waals surface area contributed by atoms with Crippen LogP contribution in [0.5, 0.6) is 0 Å². The van der Waals surface area contributed by atoms with Crippen LogP contribution in [0, 0.1) is 0 Å². The van der Waals surface area contributed by atoms with Gasteiger partial charge in [-0.05, 0) is 43.4 Å². The average molecular weight is 340 g/mol. The third kappa shape index (κ3) is 2.81. The molecule has 0 saturated heterocycles. The van der Waals surface area contributed by atoms with E-state index in [2.05, 4.69) is 14.8 Å². The summed E-state index contributed by atoms with van der Waals surface area (Å²) in [6, 6.07) is 6.24. The lowest BCUT2D eigenvalue weighted by molar-refractivity contribution is 0.627. The monoisotopic (exact) mass is 339 g/mol. The van der Waals surface area contributed by atoms with E-state index in [9.17, 15) is 0 Å². The van der Waals surface area contributed by atoms with Gasteiger partial charge >= 0.3 is 0 Å². The smallest absolute Gasteiger partial charge is 0.191 e.